The summed E-state index contributed by atoms with van der Waals surface area (Å²) in [6.07, 6.45) is 18.0. The van der Waals surface area contributed by atoms with Crippen molar-refractivity contribution in [3.8, 4) is 0 Å². The van der Waals surface area contributed by atoms with Crippen molar-refractivity contribution in [2.75, 3.05) is 0 Å². The molecule has 124 valence electrons. The topological polar surface area (TPSA) is 0 Å². The van der Waals surface area contributed by atoms with Crippen LogP contribution >= 0.6 is 0 Å². The molecule has 0 radical (unpaired) electrons. The van der Waals surface area contributed by atoms with Crippen LogP contribution in [0.2, 0.25) is 0 Å². The second kappa shape index (κ2) is 6.31. The van der Waals surface area contributed by atoms with E-state index < -0.39 is 0 Å². The van der Waals surface area contributed by atoms with Crippen LogP contribution in [0.4, 0.5) is 0 Å². The molecule has 0 heterocycles. The van der Waals surface area contributed by atoms with Gasteiger partial charge in [0.15, 0.2) is 0 Å². The van der Waals surface area contributed by atoms with Gasteiger partial charge in [-0.1, -0.05) is 109 Å². The number of hydrogen-bond donors (Lipinski definition) is 0. The smallest absolute Gasteiger partial charge is 0.0284 e. The first kappa shape index (κ1) is 15.2. The molecule has 0 N–H and O–H groups in total. The molecule has 0 spiro atoms. The van der Waals surface area contributed by atoms with E-state index in [9.17, 15) is 0 Å². The molecule has 0 fully saturated rings. The van der Waals surface area contributed by atoms with E-state index in [1.807, 2.05) is 0 Å². The quantitative estimate of drug-likeness (QED) is 0.597. The summed E-state index contributed by atoms with van der Waals surface area (Å²) in [5.74, 6) is 0.611. The molecule has 5 rings (SSSR count). The lowest BCUT2D eigenvalue weighted by atomic mass is 9.67. The van der Waals surface area contributed by atoms with Crippen LogP contribution in [0.5, 0.6) is 0 Å². The van der Waals surface area contributed by atoms with Gasteiger partial charge in [0.25, 0.3) is 0 Å². The Balaban J connectivity index is 1.78. The van der Waals surface area contributed by atoms with Crippen molar-refractivity contribution < 1.29 is 0 Å². The minimum Gasteiger partial charge on any atom is -0.0726 e. The highest BCUT2D eigenvalue weighted by Crippen LogP contribution is 2.50. The number of rotatable bonds is 2. The van der Waals surface area contributed by atoms with Crippen molar-refractivity contribution >= 4 is 11.1 Å². The molecule has 3 aliphatic carbocycles. The summed E-state index contributed by atoms with van der Waals surface area (Å²) in [5, 5.41) is 0. The highest BCUT2D eigenvalue weighted by atomic mass is 14.4. The first-order chi connectivity index (χ1) is 12.9. The zero-order valence-electron chi connectivity index (χ0n) is 14.5. The van der Waals surface area contributed by atoms with Crippen molar-refractivity contribution in [1.82, 2.24) is 0 Å². The molecule has 2 atom stereocenters. The summed E-state index contributed by atoms with van der Waals surface area (Å²) in [7, 11) is 0. The molecule has 0 heteroatoms. The molecule has 0 saturated carbocycles. The van der Waals surface area contributed by atoms with Gasteiger partial charge in [-0.05, 0) is 33.4 Å². The van der Waals surface area contributed by atoms with Crippen LogP contribution in [0.3, 0.4) is 0 Å². The van der Waals surface area contributed by atoms with Crippen LogP contribution in [0.15, 0.2) is 120 Å². The van der Waals surface area contributed by atoms with Gasteiger partial charge in [-0.25, -0.2) is 0 Å². The summed E-state index contributed by atoms with van der Waals surface area (Å²) in [6, 6.07) is 21.7. The monoisotopic (exact) mass is 332 g/mol. The van der Waals surface area contributed by atoms with Crippen LogP contribution in [-0.2, 0) is 0 Å². The maximum Gasteiger partial charge on any atom is 0.0284 e. The molecule has 2 aromatic carbocycles. The minimum atomic E-state index is 0.306. The lowest BCUT2D eigenvalue weighted by molar-refractivity contribution is 0.894. The van der Waals surface area contributed by atoms with Gasteiger partial charge in [0.05, 0.1) is 0 Å². The second-order valence-corrected chi connectivity index (χ2v) is 6.91. The average Bonchev–Trinajstić information content (AvgIpc) is 2.73. The molecule has 0 nitrogen and oxygen atoms in total. The molecule has 2 aromatic rings. The van der Waals surface area contributed by atoms with Gasteiger partial charge in [0, 0.05) is 11.8 Å². The summed E-state index contributed by atoms with van der Waals surface area (Å²) < 4.78 is 0. The molecule has 0 saturated heterocycles. The van der Waals surface area contributed by atoms with Gasteiger partial charge in [-0.2, -0.15) is 0 Å². The average molecular weight is 332 g/mol. The first-order valence-electron chi connectivity index (χ1n) is 9.22. The lowest BCUT2D eigenvalue weighted by Crippen LogP contribution is -2.21. The largest absolute Gasteiger partial charge is 0.0726 e. The van der Waals surface area contributed by atoms with E-state index in [4.69, 9.17) is 0 Å². The van der Waals surface area contributed by atoms with E-state index >= 15 is 0 Å². The normalized spacial score (nSPS) is 23.2. The summed E-state index contributed by atoms with van der Waals surface area (Å²) in [5.41, 5.74) is 8.36. The van der Waals surface area contributed by atoms with Crippen LogP contribution in [0.1, 0.15) is 11.1 Å². The summed E-state index contributed by atoms with van der Waals surface area (Å²) in [4.78, 5) is 0. The Labute approximate surface area is 154 Å². The molecule has 0 bridgehead atoms. The molecule has 26 heavy (non-hydrogen) atoms. The predicted molar refractivity (Wildman–Crippen MR) is 110 cm³/mol. The number of allylic oxidation sites excluding steroid dienone is 12. The zero-order valence-corrected chi connectivity index (χ0v) is 14.5. The number of hydrogen-bond acceptors (Lipinski definition) is 0. The van der Waals surface area contributed by atoms with Gasteiger partial charge in [0.1, 0.15) is 0 Å². The maximum absolute atomic E-state index is 2.34. The third-order valence-corrected chi connectivity index (χ3v) is 5.46. The third-order valence-electron chi connectivity index (χ3n) is 5.46. The summed E-state index contributed by atoms with van der Waals surface area (Å²) in [6.45, 7) is 0. The molecular weight excluding hydrogens is 312 g/mol. The lowest BCUT2D eigenvalue weighted by Gasteiger charge is -2.37. The molecule has 3 aliphatic rings. The Morgan fingerprint density at radius 1 is 0.462 bits per heavy atom. The molecule has 0 amide bonds. The van der Waals surface area contributed by atoms with Crippen molar-refractivity contribution in [1.29, 1.82) is 0 Å². The Hall–Kier alpha value is -3.12. The van der Waals surface area contributed by atoms with Crippen LogP contribution < -0.4 is 0 Å². The molecule has 0 aliphatic heterocycles. The second-order valence-electron chi connectivity index (χ2n) is 6.91. The van der Waals surface area contributed by atoms with E-state index in [1.54, 1.807) is 0 Å². The van der Waals surface area contributed by atoms with Gasteiger partial charge < -0.3 is 0 Å². The van der Waals surface area contributed by atoms with Crippen LogP contribution in [-0.4, -0.2) is 0 Å². The Bertz CT molecular complexity index is 923. The fourth-order valence-electron chi connectivity index (χ4n) is 4.39. The highest BCUT2D eigenvalue weighted by molar-refractivity contribution is 5.91. The standard InChI is InChI=1S/C26H20/c1-3-11-19(12-4-1)25-21-15-7-9-17-23(21)26(20-13-5-2-6-14-20)24-18-10-8-16-22(24)25/h1-18,21,24H. The molecule has 0 aromatic heterocycles. The van der Waals surface area contributed by atoms with E-state index in [-0.39, 0.29) is 0 Å². The van der Waals surface area contributed by atoms with Gasteiger partial charge in [0.2, 0.25) is 0 Å². The van der Waals surface area contributed by atoms with Crippen molar-refractivity contribution in [2.24, 2.45) is 11.8 Å². The van der Waals surface area contributed by atoms with Crippen molar-refractivity contribution in [2.45, 2.75) is 0 Å². The van der Waals surface area contributed by atoms with E-state index in [2.05, 4.69) is 109 Å². The minimum absolute atomic E-state index is 0.306. The van der Waals surface area contributed by atoms with Crippen molar-refractivity contribution in [3.63, 3.8) is 0 Å². The first-order valence-corrected chi connectivity index (χ1v) is 9.22. The molecule has 2 unspecified atom stereocenters. The van der Waals surface area contributed by atoms with Crippen LogP contribution in [0, 0.1) is 11.8 Å². The SMILES string of the molecule is C1=CC2=C(c3ccccc3)C3C=CC=CC3=C(c3ccccc3)C2C=C1. The maximum atomic E-state index is 2.34. The van der Waals surface area contributed by atoms with E-state index in [1.165, 1.54) is 33.4 Å². The Kier molecular flexibility index (Phi) is 3.68. The van der Waals surface area contributed by atoms with Crippen molar-refractivity contribution in [3.05, 3.63) is 132 Å². The number of fused-ring (bicyclic) bond motifs is 2. The zero-order chi connectivity index (χ0) is 17.3. The predicted octanol–water partition coefficient (Wildman–Crippen LogP) is 6.39. The Morgan fingerprint density at radius 3 is 1.31 bits per heavy atom. The van der Waals surface area contributed by atoms with Gasteiger partial charge in [-0.3, -0.25) is 0 Å². The number of benzene rings is 2. The fourth-order valence-corrected chi connectivity index (χ4v) is 4.39. The van der Waals surface area contributed by atoms with Crippen LogP contribution in [0.25, 0.3) is 11.1 Å². The highest BCUT2D eigenvalue weighted by Gasteiger charge is 2.34. The molecular formula is C26H20. The van der Waals surface area contributed by atoms with Gasteiger partial charge >= 0.3 is 0 Å². The van der Waals surface area contributed by atoms with Gasteiger partial charge in [-0.15, -0.1) is 0 Å². The van der Waals surface area contributed by atoms with E-state index in [0.29, 0.717) is 11.8 Å². The third kappa shape index (κ3) is 2.38. The van der Waals surface area contributed by atoms with E-state index in [0.717, 1.165) is 0 Å². The fraction of sp³-hybridized carbons (Fsp3) is 0.0769. The summed E-state index contributed by atoms with van der Waals surface area (Å²) >= 11 is 0. The Morgan fingerprint density at radius 2 is 0.885 bits per heavy atom.